The minimum absolute atomic E-state index is 0.109. The Morgan fingerprint density at radius 1 is 1.21 bits per heavy atom. The fourth-order valence-electron chi connectivity index (χ4n) is 1.63. The van der Waals surface area contributed by atoms with Gasteiger partial charge in [-0.1, -0.05) is 0 Å². The first-order chi connectivity index (χ1) is 9.10. The van der Waals surface area contributed by atoms with E-state index in [4.69, 9.17) is 10.5 Å². The Balaban J connectivity index is 2.23. The Morgan fingerprint density at radius 3 is 2.53 bits per heavy atom. The van der Waals surface area contributed by atoms with Gasteiger partial charge in [-0.2, -0.15) is 0 Å². The molecule has 0 spiro atoms. The Labute approximate surface area is 110 Å². The minimum Gasteiger partial charge on any atom is -0.508 e. The molecular weight excluding hydrogens is 244 g/mol. The van der Waals surface area contributed by atoms with E-state index >= 15 is 0 Å². The fraction of sp³-hybridized carbons (Fsp3) is 0.0714. The van der Waals surface area contributed by atoms with Crippen LogP contribution in [-0.2, 0) is 0 Å². The second-order valence-corrected chi connectivity index (χ2v) is 3.96. The second-order valence-electron chi connectivity index (χ2n) is 3.96. The van der Waals surface area contributed by atoms with Crippen molar-refractivity contribution in [2.45, 2.75) is 0 Å². The van der Waals surface area contributed by atoms with Gasteiger partial charge >= 0.3 is 0 Å². The molecule has 0 unspecified atom stereocenters. The van der Waals surface area contributed by atoms with Gasteiger partial charge in [0.15, 0.2) is 0 Å². The van der Waals surface area contributed by atoms with Gasteiger partial charge in [-0.25, -0.2) is 0 Å². The van der Waals surface area contributed by atoms with Crippen molar-refractivity contribution in [3.63, 3.8) is 0 Å². The first kappa shape index (κ1) is 12.8. The number of anilines is 2. The van der Waals surface area contributed by atoms with Crippen molar-refractivity contribution >= 4 is 17.3 Å². The number of aromatic hydroxyl groups is 1. The van der Waals surface area contributed by atoms with Gasteiger partial charge < -0.3 is 20.9 Å². The van der Waals surface area contributed by atoms with Crippen LogP contribution in [0, 0.1) is 0 Å². The molecule has 0 aliphatic carbocycles. The summed E-state index contributed by atoms with van der Waals surface area (Å²) in [6, 6.07) is 11.0. The van der Waals surface area contributed by atoms with Crippen LogP contribution in [0.25, 0.3) is 0 Å². The van der Waals surface area contributed by atoms with Crippen LogP contribution >= 0.6 is 0 Å². The molecule has 2 aromatic rings. The molecule has 0 atom stereocenters. The Kier molecular flexibility index (Phi) is 3.56. The van der Waals surface area contributed by atoms with Crippen LogP contribution in [0.2, 0.25) is 0 Å². The monoisotopic (exact) mass is 258 g/mol. The van der Waals surface area contributed by atoms with Crippen molar-refractivity contribution in [3.8, 4) is 11.5 Å². The number of rotatable bonds is 3. The summed E-state index contributed by atoms with van der Waals surface area (Å²) in [5.41, 5.74) is 7.14. The summed E-state index contributed by atoms with van der Waals surface area (Å²) in [4.78, 5) is 12.0. The number of carbonyl (C=O) groups is 1. The normalized spacial score (nSPS) is 9.95. The lowest BCUT2D eigenvalue weighted by molar-refractivity contribution is 0.102. The average molecular weight is 258 g/mol. The zero-order valence-electron chi connectivity index (χ0n) is 10.4. The van der Waals surface area contributed by atoms with Crippen molar-refractivity contribution in [3.05, 3.63) is 48.0 Å². The summed E-state index contributed by atoms with van der Waals surface area (Å²) < 4.78 is 5.15. The van der Waals surface area contributed by atoms with Crippen molar-refractivity contribution in [2.24, 2.45) is 0 Å². The van der Waals surface area contributed by atoms with E-state index in [-0.39, 0.29) is 11.7 Å². The number of amides is 1. The van der Waals surface area contributed by atoms with Crippen molar-refractivity contribution in [1.82, 2.24) is 0 Å². The third kappa shape index (κ3) is 2.95. The molecule has 5 nitrogen and oxygen atoms in total. The van der Waals surface area contributed by atoms with E-state index < -0.39 is 0 Å². The molecule has 5 heteroatoms. The highest BCUT2D eigenvalue weighted by Gasteiger charge is 2.10. The van der Waals surface area contributed by atoms with Crippen molar-refractivity contribution in [1.29, 1.82) is 0 Å². The molecule has 19 heavy (non-hydrogen) atoms. The molecule has 0 radical (unpaired) electrons. The molecule has 0 aliphatic heterocycles. The van der Waals surface area contributed by atoms with Crippen LogP contribution in [0.1, 0.15) is 10.4 Å². The van der Waals surface area contributed by atoms with Crippen molar-refractivity contribution < 1.29 is 14.6 Å². The van der Waals surface area contributed by atoms with Crippen LogP contribution in [0.3, 0.4) is 0 Å². The molecule has 0 aliphatic rings. The molecule has 0 saturated carbocycles. The number of benzene rings is 2. The summed E-state index contributed by atoms with van der Waals surface area (Å²) in [5, 5.41) is 11.9. The maximum Gasteiger partial charge on any atom is 0.255 e. The highest BCUT2D eigenvalue weighted by molar-refractivity contribution is 6.05. The summed E-state index contributed by atoms with van der Waals surface area (Å²) in [6.45, 7) is 0. The molecule has 2 rings (SSSR count). The molecule has 0 heterocycles. The number of phenolic OH excluding ortho intramolecular Hbond substituents is 1. The maximum absolute atomic E-state index is 12.0. The molecular formula is C14H14N2O3. The van der Waals surface area contributed by atoms with E-state index in [1.807, 2.05) is 0 Å². The van der Waals surface area contributed by atoms with E-state index in [2.05, 4.69) is 5.32 Å². The standard InChI is InChI=1S/C14H14N2O3/c1-19-13-7-4-10(15)8-12(13)16-14(18)9-2-5-11(17)6-3-9/h2-8,17H,15H2,1H3,(H,16,18). The van der Waals surface area contributed by atoms with E-state index in [1.54, 1.807) is 18.2 Å². The zero-order valence-corrected chi connectivity index (χ0v) is 10.4. The number of hydrogen-bond donors (Lipinski definition) is 3. The molecule has 0 aromatic heterocycles. The number of nitrogen functional groups attached to an aromatic ring is 1. The third-order valence-electron chi connectivity index (χ3n) is 2.60. The topological polar surface area (TPSA) is 84.6 Å². The van der Waals surface area contributed by atoms with Gasteiger partial charge in [0.05, 0.1) is 12.8 Å². The molecule has 98 valence electrons. The number of phenols is 1. The number of carbonyl (C=O) groups excluding carboxylic acids is 1. The summed E-state index contributed by atoms with van der Waals surface area (Å²) in [5.74, 6) is 0.336. The van der Waals surface area contributed by atoms with Crippen LogP contribution in [0.5, 0.6) is 11.5 Å². The molecule has 2 aromatic carbocycles. The first-order valence-electron chi connectivity index (χ1n) is 5.64. The fourth-order valence-corrected chi connectivity index (χ4v) is 1.63. The lowest BCUT2D eigenvalue weighted by atomic mass is 10.2. The number of nitrogens with one attached hydrogen (secondary N) is 1. The van der Waals surface area contributed by atoms with Gasteiger partial charge in [-0.3, -0.25) is 4.79 Å². The van der Waals surface area contributed by atoms with E-state index in [1.165, 1.54) is 31.4 Å². The van der Waals surface area contributed by atoms with Gasteiger partial charge in [-0.05, 0) is 42.5 Å². The quantitative estimate of drug-likeness (QED) is 0.737. The number of ether oxygens (including phenoxy) is 1. The van der Waals surface area contributed by atoms with E-state index in [9.17, 15) is 9.90 Å². The third-order valence-corrected chi connectivity index (χ3v) is 2.60. The van der Waals surface area contributed by atoms with Crippen LogP contribution in [-0.4, -0.2) is 18.1 Å². The van der Waals surface area contributed by atoms with E-state index in [0.717, 1.165) is 0 Å². The largest absolute Gasteiger partial charge is 0.508 e. The molecule has 0 fully saturated rings. The average Bonchev–Trinajstić information content (AvgIpc) is 2.39. The van der Waals surface area contributed by atoms with Gasteiger partial charge in [0.2, 0.25) is 0 Å². The number of nitrogens with two attached hydrogens (primary N) is 1. The summed E-state index contributed by atoms with van der Waals surface area (Å²) in [7, 11) is 1.52. The predicted molar refractivity (Wildman–Crippen MR) is 73.5 cm³/mol. The number of methoxy groups -OCH3 is 1. The minimum atomic E-state index is -0.302. The van der Waals surface area contributed by atoms with Gasteiger partial charge in [0.25, 0.3) is 5.91 Å². The van der Waals surface area contributed by atoms with Gasteiger partial charge in [0, 0.05) is 11.3 Å². The molecule has 1 amide bonds. The van der Waals surface area contributed by atoms with Crippen molar-refractivity contribution in [2.75, 3.05) is 18.2 Å². The SMILES string of the molecule is COc1ccc(N)cc1NC(=O)c1ccc(O)cc1. The highest BCUT2D eigenvalue weighted by atomic mass is 16.5. The van der Waals surface area contributed by atoms with Gasteiger partial charge in [-0.15, -0.1) is 0 Å². The second kappa shape index (κ2) is 5.30. The Hall–Kier alpha value is -2.69. The predicted octanol–water partition coefficient (Wildman–Crippen LogP) is 2.24. The summed E-state index contributed by atoms with van der Waals surface area (Å²) >= 11 is 0. The maximum atomic E-state index is 12.0. The summed E-state index contributed by atoms with van der Waals surface area (Å²) in [6.07, 6.45) is 0. The first-order valence-corrected chi connectivity index (χ1v) is 5.64. The Morgan fingerprint density at radius 2 is 1.89 bits per heavy atom. The van der Waals surface area contributed by atoms with E-state index in [0.29, 0.717) is 22.7 Å². The lowest BCUT2D eigenvalue weighted by Crippen LogP contribution is -2.12. The molecule has 0 saturated heterocycles. The Bertz CT molecular complexity index is 594. The van der Waals surface area contributed by atoms with Crippen LogP contribution in [0.15, 0.2) is 42.5 Å². The smallest absolute Gasteiger partial charge is 0.255 e. The van der Waals surface area contributed by atoms with Crippen LogP contribution < -0.4 is 15.8 Å². The molecule has 4 N–H and O–H groups in total. The van der Waals surface area contributed by atoms with Gasteiger partial charge in [0.1, 0.15) is 11.5 Å². The highest BCUT2D eigenvalue weighted by Crippen LogP contribution is 2.27. The number of hydrogen-bond acceptors (Lipinski definition) is 4. The lowest BCUT2D eigenvalue weighted by Gasteiger charge is -2.11. The zero-order chi connectivity index (χ0) is 13.8. The molecule has 0 bridgehead atoms. The van der Waals surface area contributed by atoms with Crippen LogP contribution in [0.4, 0.5) is 11.4 Å².